The molecule has 1 aliphatic heterocycles. The molecule has 1 saturated carbocycles. The molecule has 2 amide bonds. The number of hydrogen-bond acceptors (Lipinski definition) is 6. The average Bonchev–Trinajstić information content (AvgIpc) is 3.09. The molecule has 0 spiro atoms. The molecule has 1 saturated heterocycles. The Bertz CT molecular complexity index is 1780. The highest BCUT2D eigenvalue weighted by Crippen LogP contribution is 2.35. The Balaban J connectivity index is 1.09. The number of halogens is 3. The minimum atomic E-state index is -4.61. The van der Waals surface area contributed by atoms with Crippen molar-refractivity contribution < 1.29 is 22.8 Å². The molecule has 1 aromatic heterocycles. The Morgan fingerprint density at radius 3 is 2.23 bits per heavy atom. The predicted molar refractivity (Wildman–Crippen MR) is 177 cm³/mol. The van der Waals surface area contributed by atoms with Crippen LogP contribution in [0.25, 0.3) is 10.9 Å². The van der Waals surface area contributed by atoms with Gasteiger partial charge in [0, 0.05) is 44.3 Å². The lowest BCUT2D eigenvalue weighted by Crippen LogP contribution is -2.50. The van der Waals surface area contributed by atoms with E-state index >= 15 is 0 Å². The first kappa shape index (κ1) is 32.6. The fraction of sp³-hybridized carbons (Fsp3) is 0.371. The zero-order chi connectivity index (χ0) is 33.0. The van der Waals surface area contributed by atoms with Crippen LogP contribution in [0.1, 0.15) is 31.2 Å². The minimum Gasteiger partial charge on any atom is -0.368 e. The molecule has 8 nitrogen and oxygen atoms in total. The number of nitrogens with zero attached hydrogens (tertiary/aromatic N) is 4. The van der Waals surface area contributed by atoms with Gasteiger partial charge in [0.2, 0.25) is 11.8 Å². The third-order valence-corrected chi connectivity index (χ3v) is 9.99. The molecular formula is C35H36F3N5O3S. The number of rotatable bonds is 8. The molecule has 2 aliphatic rings. The van der Waals surface area contributed by atoms with Gasteiger partial charge in [-0.05, 0) is 68.0 Å². The number of anilines is 2. The van der Waals surface area contributed by atoms with Crippen molar-refractivity contribution in [3.05, 3.63) is 94.8 Å². The number of alkyl halides is 3. The summed E-state index contributed by atoms with van der Waals surface area (Å²) in [5, 5.41) is 3.15. The van der Waals surface area contributed by atoms with Crippen LogP contribution in [-0.2, 0) is 22.3 Å². The zero-order valence-corrected chi connectivity index (χ0v) is 26.6. The Hall–Kier alpha value is -4.32. The number of nitrogens with one attached hydrogen (secondary N) is 1. The summed E-state index contributed by atoms with van der Waals surface area (Å²) in [6.07, 6.45) is -1.58. The van der Waals surface area contributed by atoms with Crippen molar-refractivity contribution in [1.82, 2.24) is 14.5 Å². The Kier molecular flexibility index (Phi) is 9.86. The first-order valence-corrected chi connectivity index (χ1v) is 16.8. The second-order valence-corrected chi connectivity index (χ2v) is 13.0. The molecule has 0 radical (unpaired) electrons. The van der Waals surface area contributed by atoms with Gasteiger partial charge in [0.25, 0.3) is 5.56 Å². The molecule has 6 rings (SSSR count). The Labute approximate surface area is 275 Å². The van der Waals surface area contributed by atoms with Crippen LogP contribution in [-0.4, -0.2) is 58.2 Å². The van der Waals surface area contributed by atoms with Crippen LogP contribution >= 0.6 is 11.8 Å². The maximum absolute atomic E-state index is 13.6. The number of benzene rings is 3. The van der Waals surface area contributed by atoms with Crippen LogP contribution in [0.15, 0.2) is 88.8 Å². The summed E-state index contributed by atoms with van der Waals surface area (Å²) < 4.78 is 41.9. The van der Waals surface area contributed by atoms with Crippen molar-refractivity contribution in [2.24, 2.45) is 11.8 Å². The Morgan fingerprint density at radius 1 is 0.851 bits per heavy atom. The number of carbonyl (C=O) groups is 2. The molecule has 0 atom stereocenters. The highest BCUT2D eigenvalue weighted by molar-refractivity contribution is 7.99. The summed E-state index contributed by atoms with van der Waals surface area (Å²) in [7, 11) is 0. The molecule has 0 bridgehead atoms. The topological polar surface area (TPSA) is 87.5 Å². The zero-order valence-electron chi connectivity index (χ0n) is 25.8. The standard InChI is InChI=1S/C35H36F3N5O3S/c36-35(37,38)28-11-5-7-13-30(28)39-31(44)23-47-34-40-29-12-6-4-10-27(29)33(46)43(34)22-24-14-16-25(17-15-24)32(45)42-20-18-41(19-21-42)26-8-2-1-3-9-26/h1-13,24-25H,14-23H2,(H,39,44). The van der Waals surface area contributed by atoms with Crippen molar-refractivity contribution in [2.45, 2.75) is 43.6 Å². The van der Waals surface area contributed by atoms with Crippen molar-refractivity contribution in [3.8, 4) is 0 Å². The minimum absolute atomic E-state index is 0.0434. The molecule has 0 unspecified atom stereocenters. The van der Waals surface area contributed by atoms with E-state index in [1.807, 2.05) is 23.1 Å². The maximum Gasteiger partial charge on any atom is 0.418 e. The second-order valence-electron chi connectivity index (χ2n) is 12.1. The maximum atomic E-state index is 13.6. The number of piperazine rings is 1. The quantitative estimate of drug-likeness (QED) is 0.176. The summed E-state index contributed by atoms with van der Waals surface area (Å²) in [5.74, 6) is -0.561. The second kappa shape index (κ2) is 14.2. The first-order chi connectivity index (χ1) is 22.7. The van der Waals surface area contributed by atoms with E-state index in [1.165, 1.54) is 23.9 Å². The first-order valence-electron chi connectivity index (χ1n) is 15.8. The van der Waals surface area contributed by atoms with Gasteiger partial charge >= 0.3 is 6.18 Å². The predicted octanol–water partition coefficient (Wildman–Crippen LogP) is 6.30. The van der Waals surface area contributed by atoms with Crippen molar-refractivity contribution >= 4 is 45.9 Å². The van der Waals surface area contributed by atoms with E-state index in [-0.39, 0.29) is 34.7 Å². The lowest BCUT2D eigenvalue weighted by Gasteiger charge is -2.39. The number of aromatic nitrogens is 2. The summed E-state index contributed by atoms with van der Waals surface area (Å²) in [5.41, 5.74) is 0.182. The fourth-order valence-electron chi connectivity index (χ4n) is 6.51. The van der Waals surface area contributed by atoms with Crippen molar-refractivity contribution in [1.29, 1.82) is 0 Å². The summed E-state index contributed by atoms with van der Waals surface area (Å²) >= 11 is 1.02. The van der Waals surface area contributed by atoms with E-state index in [1.54, 1.807) is 28.8 Å². The van der Waals surface area contributed by atoms with Gasteiger partial charge < -0.3 is 15.1 Å². The average molecular weight is 664 g/mol. The van der Waals surface area contributed by atoms with E-state index < -0.39 is 17.6 Å². The number of para-hydroxylation sites is 3. The van der Waals surface area contributed by atoms with Crippen LogP contribution in [0.5, 0.6) is 0 Å². The van der Waals surface area contributed by atoms with E-state index in [4.69, 9.17) is 0 Å². The monoisotopic (exact) mass is 663 g/mol. The summed E-state index contributed by atoms with van der Waals surface area (Å²) in [6, 6.07) is 22.0. The molecule has 12 heteroatoms. The molecule has 1 N–H and O–H groups in total. The number of hydrogen-bond donors (Lipinski definition) is 1. The van der Waals surface area contributed by atoms with Crippen LogP contribution in [0, 0.1) is 11.8 Å². The van der Waals surface area contributed by atoms with E-state index in [9.17, 15) is 27.6 Å². The van der Waals surface area contributed by atoms with Crippen molar-refractivity contribution in [3.63, 3.8) is 0 Å². The fourth-order valence-corrected chi connectivity index (χ4v) is 7.32. The Morgan fingerprint density at radius 2 is 1.51 bits per heavy atom. The smallest absolute Gasteiger partial charge is 0.368 e. The number of thioether (sulfide) groups is 1. The molecule has 2 heterocycles. The molecule has 246 valence electrons. The van der Waals surface area contributed by atoms with E-state index in [0.29, 0.717) is 35.7 Å². The molecule has 1 aliphatic carbocycles. The normalized spacial score (nSPS) is 18.7. The number of amides is 2. The van der Waals surface area contributed by atoms with Gasteiger partial charge in [-0.1, -0.05) is 54.2 Å². The molecule has 3 aromatic carbocycles. The summed E-state index contributed by atoms with van der Waals surface area (Å²) in [4.78, 5) is 48.8. The molecule has 2 fully saturated rings. The van der Waals surface area contributed by atoms with Gasteiger partial charge in [-0.3, -0.25) is 19.0 Å². The number of fused-ring (bicyclic) bond motifs is 1. The lowest BCUT2D eigenvalue weighted by atomic mass is 9.81. The van der Waals surface area contributed by atoms with Gasteiger partial charge in [-0.2, -0.15) is 13.2 Å². The van der Waals surface area contributed by atoms with Gasteiger partial charge in [-0.15, -0.1) is 0 Å². The van der Waals surface area contributed by atoms with Crippen LogP contribution < -0.4 is 15.8 Å². The SMILES string of the molecule is O=C(CSc1nc2ccccc2c(=O)n1CC1CCC(C(=O)N2CCN(c3ccccc3)CC2)CC1)Nc1ccccc1C(F)(F)F. The van der Waals surface area contributed by atoms with Crippen molar-refractivity contribution in [2.75, 3.05) is 42.1 Å². The molecule has 4 aromatic rings. The number of carbonyl (C=O) groups excluding carboxylic acids is 2. The third-order valence-electron chi connectivity index (χ3n) is 9.01. The van der Waals surface area contributed by atoms with E-state index in [0.717, 1.165) is 56.6 Å². The van der Waals surface area contributed by atoms with Crippen LogP contribution in [0.3, 0.4) is 0 Å². The van der Waals surface area contributed by atoms with Crippen LogP contribution in [0.2, 0.25) is 0 Å². The third kappa shape index (κ3) is 7.64. The molecular weight excluding hydrogens is 627 g/mol. The summed E-state index contributed by atoms with van der Waals surface area (Å²) in [6.45, 7) is 3.38. The highest BCUT2D eigenvalue weighted by atomic mass is 32.2. The molecule has 47 heavy (non-hydrogen) atoms. The van der Waals surface area contributed by atoms with Gasteiger partial charge in [0.15, 0.2) is 5.16 Å². The highest BCUT2D eigenvalue weighted by Gasteiger charge is 2.34. The lowest BCUT2D eigenvalue weighted by molar-refractivity contribution is -0.138. The van der Waals surface area contributed by atoms with Gasteiger partial charge in [0.05, 0.1) is 27.9 Å². The van der Waals surface area contributed by atoms with Crippen LogP contribution in [0.4, 0.5) is 24.5 Å². The van der Waals surface area contributed by atoms with Gasteiger partial charge in [0.1, 0.15) is 0 Å². The van der Waals surface area contributed by atoms with Gasteiger partial charge in [-0.25, -0.2) is 4.98 Å². The van der Waals surface area contributed by atoms with E-state index in [2.05, 4.69) is 27.3 Å². The largest absolute Gasteiger partial charge is 0.418 e.